The number of nitrogens with one attached hydrogen (secondary N) is 1. The number of likely N-dealkylation sites (tertiary alicyclic amines) is 1. The van der Waals surface area contributed by atoms with Gasteiger partial charge in [0, 0.05) is 18.9 Å². The van der Waals surface area contributed by atoms with Crippen LogP contribution in [0.3, 0.4) is 0 Å². The Morgan fingerprint density at radius 2 is 2.17 bits per heavy atom. The van der Waals surface area contributed by atoms with E-state index in [-0.39, 0.29) is 11.9 Å². The number of nitrogens with zero attached hydrogens (tertiary/aromatic N) is 2. The van der Waals surface area contributed by atoms with Crippen LogP contribution in [0.5, 0.6) is 0 Å². The Hall–Kier alpha value is -2.10. The summed E-state index contributed by atoms with van der Waals surface area (Å²) in [6.45, 7) is 0.805. The van der Waals surface area contributed by atoms with Crippen LogP contribution in [-0.4, -0.2) is 27.3 Å². The maximum Gasteiger partial charge on any atom is 0.290 e. The first kappa shape index (κ1) is 11.0. The van der Waals surface area contributed by atoms with E-state index in [9.17, 15) is 4.79 Å². The number of hydrogen-bond donors (Lipinski definition) is 1. The number of carbonyl (C=O) groups is 1. The summed E-state index contributed by atoms with van der Waals surface area (Å²) in [5.41, 5.74) is 1.20. The fourth-order valence-corrected chi connectivity index (χ4v) is 2.55. The van der Waals surface area contributed by atoms with Gasteiger partial charge in [0.1, 0.15) is 0 Å². The first-order valence-corrected chi connectivity index (χ1v) is 6.21. The monoisotopic (exact) mass is 241 g/mol. The van der Waals surface area contributed by atoms with Gasteiger partial charge in [0.05, 0.1) is 6.04 Å². The topological polar surface area (TPSA) is 49.0 Å². The zero-order valence-electron chi connectivity index (χ0n) is 10.0. The molecule has 0 saturated carbocycles. The van der Waals surface area contributed by atoms with E-state index < -0.39 is 0 Å². The predicted molar refractivity (Wildman–Crippen MR) is 68.0 cm³/mol. The van der Waals surface area contributed by atoms with Crippen LogP contribution < -0.4 is 0 Å². The molecule has 0 spiro atoms. The van der Waals surface area contributed by atoms with Crippen molar-refractivity contribution < 1.29 is 4.79 Å². The summed E-state index contributed by atoms with van der Waals surface area (Å²) in [5, 5.41) is 0. The van der Waals surface area contributed by atoms with E-state index >= 15 is 0 Å². The Kier molecular flexibility index (Phi) is 2.84. The van der Waals surface area contributed by atoms with Crippen molar-refractivity contribution in [2.45, 2.75) is 18.9 Å². The minimum absolute atomic E-state index is 0.00801. The Bertz CT molecular complexity index is 521. The van der Waals surface area contributed by atoms with Gasteiger partial charge in [-0.1, -0.05) is 30.3 Å². The van der Waals surface area contributed by atoms with E-state index in [0.717, 1.165) is 19.4 Å². The average molecular weight is 241 g/mol. The summed E-state index contributed by atoms with van der Waals surface area (Å²) < 4.78 is 0. The van der Waals surface area contributed by atoms with Crippen LogP contribution in [-0.2, 0) is 0 Å². The van der Waals surface area contributed by atoms with Crippen LogP contribution >= 0.6 is 0 Å². The lowest BCUT2D eigenvalue weighted by atomic mass is 10.0. The second-order valence-corrected chi connectivity index (χ2v) is 4.51. The van der Waals surface area contributed by atoms with Crippen molar-refractivity contribution in [1.29, 1.82) is 0 Å². The quantitative estimate of drug-likeness (QED) is 0.877. The van der Waals surface area contributed by atoms with Gasteiger partial charge in [0.25, 0.3) is 5.91 Å². The molecule has 18 heavy (non-hydrogen) atoms. The van der Waals surface area contributed by atoms with Crippen LogP contribution in [0.25, 0.3) is 0 Å². The Balaban J connectivity index is 1.86. The predicted octanol–water partition coefficient (Wildman–Crippen LogP) is 2.39. The van der Waals surface area contributed by atoms with Gasteiger partial charge in [-0.05, 0) is 18.4 Å². The molecular weight excluding hydrogens is 226 g/mol. The summed E-state index contributed by atoms with van der Waals surface area (Å²) in [7, 11) is 0. The molecule has 2 aromatic rings. The van der Waals surface area contributed by atoms with Gasteiger partial charge in [-0.3, -0.25) is 4.79 Å². The van der Waals surface area contributed by atoms with E-state index in [0.29, 0.717) is 5.82 Å². The lowest BCUT2D eigenvalue weighted by molar-refractivity contribution is 0.0724. The molecule has 1 aliphatic heterocycles. The maximum absolute atomic E-state index is 12.3. The number of imidazole rings is 1. The van der Waals surface area contributed by atoms with Crippen molar-refractivity contribution >= 4 is 5.91 Å². The third-order valence-corrected chi connectivity index (χ3v) is 3.40. The van der Waals surface area contributed by atoms with E-state index in [4.69, 9.17) is 0 Å². The third-order valence-electron chi connectivity index (χ3n) is 3.40. The van der Waals surface area contributed by atoms with Crippen LogP contribution in [0.1, 0.15) is 35.1 Å². The molecule has 4 nitrogen and oxygen atoms in total. The van der Waals surface area contributed by atoms with Crippen LogP contribution in [0.15, 0.2) is 42.7 Å². The lowest BCUT2D eigenvalue weighted by Gasteiger charge is -2.24. The highest BCUT2D eigenvalue weighted by molar-refractivity contribution is 5.91. The zero-order valence-corrected chi connectivity index (χ0v) is 10.0. The van der Waals surface area contributed by atoms with Gasteiger partial charge in [-0.2, -0.15) is 0 Å². The van der Waals surface area contributed by atoms with Crippen LogP contribution in [0, 0.1) is 0 Å². The molecular formula is C14H15N3O. The molecule has 3 rings (SSSR count). The molecule has 2 heterocycles. The molecule has 0 bridgehead atoms. The molecule has 1 fully saturated rings. The SMILES string of the molecule is O=C(c1ncc[nH]1)N1CCC[C@H]1c1ccccc1. The van der Waals surface area contributed by atoms with Gasteiger partial charge >= 0.3 is 0 Å². The minimum Gasteiger partial charge on any atom is -0.341 e. The molecule has 1 atom stereocenters. The maximum atomic E-state index is 12.3. The number of aromatic nitrogens is 2. The number of H-pyrrole nitrogens is 1. The highest BCUT2D eigenvalue weighted by Crippen LogP contribution is 2.32. The number of aromatic amines is 1. The van der Waals surface area contributed by atoms with Gasteiger partial charge in [-0.15, -0.1) is 0 Å². The molecule has 1 aromatic carbocycles. The van der Waals surface area contributed by atoms with Crippen molar-refractivity contribution in [3.63, 3.8) is 0 Å². The van der Waals surface area contributed by atoms with E-state index in [2.05, 4.69) is 22.1 Å². The smallest absolute Gasteiger partial charge is 0.290 e. The molecule has 4 heteroatoms. The Morgan fingerprint density at radius 3 is 2.89 bits per heavy atom. The molecule has 1 saturated heterocycles. The van der Waals surface area contributed by atoms with Crippen molar-refractivity contribution in [2.24, 2.45) is 0 Å². The Morgan fingerprint density at radius 1 is 1.33 bits per heavy atom. The standard InChI is InChI=1S/C14H15N3O/c18-14(13-15-8-9-16-13)17-10-4-7-12(17)11-5-2-1-3-6-11/h1-3,5-6,8-9,12H,4,7,10H2,(H,15,16)/t12-/m0/s1. The molecule has 1 amide bonds. The number of benzene rings is 1. The third kappa shape index (κ3) is 1.90. The molecule has 0 unspecified atom stereocenters. The van der Waals surface area contributed by atoms with Crippen molar-refractivity contribution in [3.8, 4) is 0 Å². The summed E-state index contributed by atoms with van der Waals surface area (Å²) >= 11 is 0. The largest absolute Gasteiger partial charge is 0.341 e. The first-order chi connectivity index (χ1) is 8.86. The molecule has 1 aliphatic rings. The fraction of sp³-hybridized carbons (Fsp3) is 0.286. The average Bonchev–Trinajstić information content (AvgIpc) is 3.10. The second-order valence-electron chi connectivity index (χ2n) is 4.51. The first-order valence-electron chi connectivity index (χ1n) is 6.21. The number of rotatable bonds is 2. The van der Waals surface area contributed by atoms with E-state index in [1.165, 1.54) is 5.56 Å². The lowest BCUT2D eigenvalue weighted by Crippen LogP contribution is -2.31. The fourth-order valence-electron chi connectivity index (χ4n) is 2.55. The van der Waals surface area contributed by atoms with E-state index in [1.807, 2.05) is 23.1 Å². The summed E-state index contributed by atoms with van der Waals surface area (Å²) in [6, 6.07) is 10.4. The number of amides is 1. The van der Waals surface area contributed by atoms with Crippen LogP contribution in [0.2, 0.25) is 0 Å². The summed E-state index contributed by atoms with van der Waals surface area (Å²) in [4.78, 5) is 21.2. The molecule has 1 aromatic heterocycles. The van der Waals surface area contributed by atoms with Gasteiger partial charge < -0.3 is 9.88 Å². The van der Waals surface area contributed by atoms with Crippen LogP contribution in [0.4, 0.5) is 0 Å². The van der Waals surface area contributed by atoms with E-state index in [1.54, 1.807) is 12.4 Å². The number of hydrogen-bond acceptors (Lipinski definition) is 2. The van der Waals surface area contributed by atoms with Gasteiger partial charge in [-0.25, -0.2) is 4.98 Å². The molecule has 0 aliphatic carbocycles. The molecule has 92 valence electrons. The molecule has 0 radical (unpaired) electrons. The normalized spacial score (nSPS) is 19.1. The highest BCUT2D eigenvalue weighted by Gasteiger charge is 2.31. The summed E-state index contributed by atoms with van der Waals surface area (Å²) in [6.07, 6.45) is 5.37. The highest BCUT2D eigenvalue weighted by atomic mass is 16.2. The van der Waals surface area contributed by atoms with Crippen molar-refractivity contribution in [3.05, 3.63) is 54.1 Å². The minimum atomic E-state index is -0.00801. The summed E-state index contributed by atoms with van der Waals surface area (Å²) in [5.74, 6) is 0.421. The van der Waals surface area contributed by atoms with Gasteiger partial charge in [0.15, 0.2) is 5.82 Å². The van der Waals surface area contributed by atoms with Crippen molar-refractivity contribution in [1.82, 2.24) is 14.9 Å². The second kappa shape index (κ2) is 4.64. The number of carbonyl (C=O) groups excluding carboxylic acids is 1. The Labute approximate surface area is 106 Å². The van der Waals surface area contributed by atoms with Crippen molar-refractivity contribution in [2.75, 3.05) is 6.54 Å². The molecule has 1 N–H and O–H groups in total. The zero-order chi connectivity index (χ0) is 12.4. The van der Waals surface area contributed by atoms with Gasteiger partial charge in [0.2, 0.25) is 0 Å².